The zero-order chi connectivity index (χ0) is 15.5. The molecule has 2 N–H and O–H groups in total. The molecule has 0 spiro atoms. The molecule has 2 aromatic carbocycles. The Balaban J connectivity index is 1.67. The van der Waals surface area contributed by atoms with E-state index in [9.17, 15) is 9.18 Å². The van der Waals surface area contributed by atoms with Gasteiger partial charge in [-0.1, -0.05) is 34.1 Å². The standard InChI is InChI=1S/C17H14BrFN2O/c18-13-5-6-15(19)12(7-13)10-21-17(22)8-11-9-20-16-4-2-1-3-14(11)16/h1-7,9,20H,8,10H2,(H,21,22). The first-order chi connectivity index (χ1) is 10.6. The molecular weight excluding hydrogens is 347 g/mol. The first kappa shape index (κ1) is 14.8. The maximum Gasteiger partial charge on any atom is 0.224 e. The van der Waals surface area contributed by atoms with Crippen LogP contribution in [-0.4, -0.2) is 10.9 Å². The Bertz CT molecular complexity index is 828. The number of nitrogens with one attached hydrogen (secondary N) is 2. The largest absolute Gasteiger partial charge is 0.361 e. The van der Waals surface area contributed by atoms with E-state index in [1.54, 1.807) is 12.1 Å². The van der Waals surface area contributed by atoms with Gasteiger partial charge >= 0.3 is 0 Å². The van der Waals surface area contributed by atoms with Crippen molar-refractivity contribution in [1.82, 2.24) is 10.3 Å². The Morgan fingerprint density at radius 3 is 2.86 bits per heavy atom. The van der Waals surface area contributed by atoms with E-state index in [2.05, 4.69) is 26.2 Å². The molecule has 0 bridgehead atoms. The molecule has 1 aromatic heterocycles. The smallest absolute Gasteiger partial charge is 0.224 e. The monoisotopic (exact) mass is 360 g/mol. The van der Waals surface area contributed by atoms with Crippen molar-refractivity contribution in [2.45, 2.75) is 13.0 Å². The minimum absolute atomic E-state index is 0.135. The van der Waals surface area contributed by atoms with Crippen molar-refractivity contribution >= 4 is 32.7 Å². The van der Waals surface area contributed by atoms with Crippen LogP contribution in [0, 0.1) is 5.82 Å². The van der Waals surface area contributed by atoms with Crippen molar-refractivity contribution in [3.05, 3.63) is 70.1 Å². The number of aromatic nitrogens is 1. The topological polar surface area (TPSA) is 44.9 Å². The molecule has 3 nitrogen and oxygen atoms in total. The second-order valence-electron chi connectivity index (χ2n) is 5.05. The number of para-hydroxylation sites is 1. The summed E-state index contributed by atoms with van der Waals surface area (Å²) in [5.74, 6) is -0.459. The average molecular weight is 361 g/mol. The SMILES string of the molecule is O=C(Cc1c[nH]c2ccccc12)NCc1cc(Br)ccc1F. The van der Waals surface area contributed by atoms with Crippen molar-refractivity contribution in [2.24, 2.45) is 0 Å². The molecule has 0 saturated carbocycles. The zero-order valence-corrected chi connectivity index (χ0v) is 13.3. The fourth-order valence-corrected chi connectivity index (χ4v) is 2.79. The average Bonchev–Trinajstić information content (AvgIpc) is 2.91. The maximum atomic E-state index is 13.6. The molecule has 112 valence electrons. The second-order valence-corrected chi connectivity index (χ2v) is 5.96. The van der Waals surface area contributed by atoms with Crippen LogP contribution in [0.5, 0.6) is 0 Å². The summed E-state index contributed by atoms with van der Waals surface area (Å²) in [7, 11) is 0. The molecule has 1 heterocycles. The van der Waals surface area contributed by atoms with Gasteiger partial charge in [-0.3, -0.25) is 4.79 Å². The number of benzene rings is 2. The second kappa shape index (κ2) is 6.32. The molecule has 0 aliphatic heterocycles. The van der Waals surface area contributed by atoms with Crippen LogP contribution in [0.2, 0.25) is 0 Å². The normalized spacial score (nSPS) is 10.8. The Kier molecular flexibility index (Phi) is 4.24. The lowest BCUT2D eigenvalue weighted by Crippen LogP contribution is -2.24. The summed E-state index contributed by atoms with van der Waals surface area (Å²) >= 11 is 3.30. The third-order valence-electron chi connectivity index (χ3n) is 3.51. The Hall–Kier alpha value is -2.14. The van der Waals surface area contributed by atoms with Crippen molar-refractivity contribution in [3.63, 3.8) is 0 Å². The molecule has 0 unspecified atom stereocenters. The van der Waals surface area contributed by atoms with Gasteiger partial charge in [0.25, 0.3) is 0 Å². The fourth-order valence-electron chi connectivity index (χ4n) is 2.39. The van der Waals surface area contributed by atoms with E-state index in [0.717, 1.165) is 20.9 Å². The highest BCUT2D eigenvalue weighted by atomic mass is 79.9. The maximum absolute atomic E-state index is 13.6. The molecule has 0 aliphatic carbocycles. The molecule has 3 aromatic rings. The number of fused-ring (bicyclic) bond motifs is 1. The van der Waals surface area contributed by atoms with E-state index in [1.165, 1.54) is 6.07 Å². The number of aromatic amines is 1. The number of hydrogen-bond acceptors (Lipinski definition) is 1. The van der Waals surface area contributed by atoms with Crippen molar-refractivity contribution in [1.29, 1.82) is 0 Å². The van der Waals surface area contributed by atoms with Gasteiger partial charge in [-0.15, -0.1) is 0 Å². The number of H-pyrrole nitrogens is 1. The van der Waals surface area contributed by atoms with Gasteiger partial charge in [-0.05, 0) is 29.8 Å². The van der Waals surface area contributed by atoms with E-state index in [-0.39, 0.29) is 24.7 Å². The lowest BCUT2D eigenvalue weighted by atomic mass is 10.1. The van der Waals surface area contributed by atoms with Gasteiger partial charge in [-0.2, -0.15) is 0 Å². The van der Waals surface area contributed by atoms with Crippen LogP contribution in [0.25, 0.3) is 10.9 Å². The third kappa shape index (κ3) is 3.20. The van der Waals surface area contributed by atoms with Crippen LogP contribution in [0.4, 0.5) is 4.39 Å². The Morgan fingerprint density at radius 1 is 1.18 bits per heavy atom. The van der Waals surface area contributed by atoms with Crippen molar-refractivity contribution in [2.75, 3.05) is 0 Å². The summed E-state index contributed by atoms with van der Waals surface area (Å²) in [6.07, 6.45) is 2.10. The van der Waals surface area contributed by atoms with E-state index in [1.807, 2.05) is 30.5 Å². The molecule has 3 rings (SSSR count). The van der Waals surface area contributed by atoms with Crippen LogP contribution in [-0.2, 0) is 17.8 Å². The van der Waals surface area contributed by atoms with Gasteiger partial charge in [0, 0.05) is 33.7 Å². The van der Waals surface area contributed by atoms with Crippen molar-refractivity contribution < 1.29 is 9.18 Å². The summed E-state index contributed by atoms with van der Waals surface area (Å²) in [5.41, 5.74) is 2.40. The van der Waals surface area contributed by atoms with Gasteiger partial charge < -0.3 is 10.3 Å². The van der Waals surface area contributed by atoms with Crippen molar-refractivity contribution in [3.8, 4) is 0 Å². The lowest BCUT2D eigenvalue weighted by molar-refractivity contribution is -0.120. The van der Waals surface area contributed by atoms with Crippen LogP contribution in [0.1, 0.15) is 11.1 Å². The lowest BCUT2D eigenvalue weighted by Gasteiger charge is -2.07. The summed E-state index contributed by atoms with van der Waals surface area (Å²) in [4.78, 5) is 15.2. The molecule has 0 fully saturated rings. The molecule has 0 saturated heterocycles. The highest BCUT2D eigenvalue weighted by Gasteiger charge is 2.09. The van der Waals surface area contributed by atoms with Crippen LogP contribution in [0.15, 0.2) is 53.1 Å². The van der Waals surface area contributed by atoms with Crippen LogP contribution < -0.4 is 5.32 Å². The quantitative estimate of drug-likeness (QED) is 0.727. The Morgan fingerprint density at radius 2 is 2.00 bits per heavy atom. The highest BCUT2D eigenvalue weighted by molar-refractivity contribution is 9.10. The highest BCUT2D eigenvalue weighted by Crippen LogP contribution is 2.18. The molecule has 5 heteroatoms. The zero-order valence-electron chi connectivity index (χ0n) is 11.7. The number of halogens is 2. The van der Waals surface area contributed by atoms with Crippen LogP contribution in [0.3, 0.4) is 0 Å². The molecular formula is C17H14BrFN2O. The number of amides is 1. The van der Waals surface area contributed by atoms with E-state index >= 15 is 0 Å². The number of carbonyl (C=O) groups is 1. The van der Waals surface area contributed by atoms with Gasteiger partial charge in [0.1, 0.15) is 5.82 Å². The van der Waals surface area contributed by atoms with E-state index in [0.29, 0.717) is 5.56 Å². The minimum Gasteiger partial charge on any atom is -0.361 e. The predicted molar refractivity (Wildman–Crippen MR) is 87.9 cm³/mol. The van der Waals surface area contributed by atoms with Gasteiger partial charge in [0.15, 0.2) is 0 Å². The molecule has 0 radical (unpaired) electrons. The van der Waals surface area contributed by atoms with Crippen LogP contribution >= 0.6 is 15.9 Å². The summed E-state index contributed by atoms with van der Waals surface area (Å²) in [5, 5.41) is 3.79. The number of rotatable bonds is 4. The molecule has 0 aliphatic rings. The number of hydrogen-bond donors (Lipinski definition) is 2. The summed E-state index contributed by atoms with van der Waals surface area (Å²) in [6.45, 7) is 0.173. The van der Waals surface area contributed by atoms with Gasteiger partial charge in [0.2, 0.25) is 5.91 Å². The Labute approximate surface area is 135 Å². The van der Waals surface area contributed by atoms with E-state index < -0.39 is 0 Å². The molecule has 22 heavy (non-hydrogen) atoms. The summed E-state index contributed by atoms with van der Waals surface area (Å²) in [6, 6.07) is 12.5. The third-order valence-corrected chi connectivity index (χ3v) is 4.00. The van der Waals surface area contributed by atoms with E-state index in [4.69, 9.17) is 0 Å². The fraction of sp³-hybridized carbons (Fsp3) is 0.118. The minimum atomic E-state index is -0.324. The number of carbonyl (C=O) groups excluding carboxylic acids is 1. The first-order valence-corrected chi connectivity index (χ1v) is 7.68. The van der Waals surface area contributed by atoms with Gasteiger partial charge in [-0.25, -0.2) is 4.39 Å². The molecule has 1 amide bonds. The molecule has 0 atom stereocenters. The van der Waals surface area contributed by atoms with Gasteiger partial charge in [0.05, 0.1) is 6.42 Å². The summed E-state index contributed by atoms with van der Waals surface area (Å²) < 4.78 is 14.4. The predicted octanol–water partition coefficient (Wildman–Crippen LogP) is 3.93. The first-order valence-electron chi connectivity index (χ1n) is 6.89.